The van der Waals surface area contributed by atoms with Crippen LogP contribution in [0.5, 0.6) is 11.5 Å². The van der Waals surface area contributed by atoms with Gasteiger partial charge in [-0.15, -0.1) is 0 Å². The Morgan fingerprint density at radius 3 is 2.87 bits per heavy atom. The van der Waals surface area contributed by atoms with Crippen molar-refractivity contribution >= 4 is 12.2 Å². The Labute approximate surface area is 136 Å². The van der Waals surface area contributed by atoms with Gasteiger partial charge in [0.2, 0.25) is 0 Å². The lowest BCUT2D eigenvalue weighted by molar-refractivity contribution is -0.123. The van der Waals surface area contributed by atoms with Crippen LogP contribution in [0.2, 0.25) is 0 Å². The number of carbonyl (C=O) groups is 2. The second-order valence-electron chi connectivity index (χ2n) is 5.52. The molecule has 1 aliphatic rings. The first-order valence-corrected chi connectivity index (χ1v) is 7.93. The van der Waals surface area contributed by atoms with E-state index in [1.165, 1.54) is 25.5 Å². The van der Waals surface area contributed by atoms with E-state index in [2.05, 4.69) is 11.4 Å². The van der Waals surface area contributed by atoms with Crippen LogP contribution in [0.3, 0.4) is 0 Å². The Morgan fingerprint density at radius 2 is 2.17 bits per heavy atom. The van der Waals surface area contributed by atoms with E-state index in [9.17, 15) is 9.59 Å². The molecule has 0 aliphatic heterocycles. The van der Waals surface area contributed by atoms with Crippen molar-refractivity contribution in [2.75, 3.05) is 20.3 Å². The van der Waals surface area contributed by atoms with Gasteiger partial charge in [0.25, 0.3) is 5.91 Å². The molecular formula is C18H23NO4. The molecule has 0 atom stereocenters. The fourth-order valence-electron chi connectivity index (χ4n) is 2.57. The molecule has 0 saturated heterocycles. The molecule has 0 spiro atoms. The van der Waals surface area contributed by atoms with Crippen molar-refractivity contribution < 1.29 is 19.1 Å². The summed E-state index contributed by atoms with van der Waals surface area (Å²) in [5, 5.41) is 2.85. The zero-order valence-electron chi connectivity index (χ0n) is 13.5. The summed E-state index contributed by atoms with van der Waals surface area (Å²) in [4.78, 5) is 22.7. The van der Waals surface area contributed by atoms with E-state index in [0.29, 0.717) is 23.6 Å². The molecule has 0 fully saturated rings. The van der Waals surface area contributed by atoms with Crippen LogP contribution in [0, 0.1) is 0 Å². The van der Waals surface area contributed by atoms with Gasteiger partial charge in [-0.05, 0) is 50.3 Å². The van der Waals surface area contributed by atoms with Crippen LogP contribution in [-0.2, 0) is 4.79 Å². The predicted octanol–water partition coefficient (Wildman–Crippen LogP) is 2.89. The van der Waals surface area contributed by atoms with Crippen molar-refractivity contribution in [1.29, 1.82) is 0 Å². The molecule has 0 aromatic heterocycles. The van der Waals surface area contributed by atoms with Gasteiger partial charge in [-0.3, -0.25) is 9.59 Å². The van der Waals surface area contributed by atoms with E-state index in [4.69, 9.17) is 9.47 Å². The molecule has 5 heteroatoms. The topological polar surface area (TPSA) is 64.6 Å². The summed E-state index contributed by atoms with van der Waals surface area (Å²) in [7, 11) is 1.51. The number of benzene rings is 1. The number of aldehydes is 1. The van der Waals surface area contributed by atoms with E-state index in [1.54, 1.807) is 18.2 Å². The largest absolute Gasteiger partial charge is 0.493 e. The van der Waals surface area contributed by atoms with Crippen LogP contribution < -0.4 is 14.8 Å². The summed E-state index contributed by atoms with van der Waals surface area (Å²) >= 11 is 0. The lowest BCUT2D eigenvalue weighted by atomic mass is 9.97. The van der Waals surface area contributed by atoms with Crippen molar-refractivity contribution in [2.45, 2.75) is 32.1 Å². The molecule has 0 unspecified atom stereocenters. The van der Waals surface area contributed by atoms with Gasteiger partial charge in [0.15, 0.2) is 18.1 Å². The van der Waals surface area contributed by atoms with Crippen LogP contribution in [0.25, 0.3) is 0 Å². The number of methoxy groups -OCH3 is 1. The zero-order valence-corrected chi connectivity index (χ0v) is 13.5. The van der Waals surface area contributed by atoms with E-state index in [1.807, 2.05) is 0 Å². The van der Waals surface area contributed by atoms with Gasteiger partial charge in [-0.25, -0.2) is 0 Å². The fraction of sp³-hybridized carbons (Fsp3) is 0.444. The number of hydrogen-bond donors (Lipinski definition) is 1. The minimum absolute atomic E-state index is 0.0995. The van der Waals surface area contributed by atoms with Crippen molar-refractivity contribution in [1.82, 2.24) is 5.32 Å². The number of hydrogen-bond acceptors (Lipinski definition) is 4. The molecule has 124 valence electrons. The Balaban J connectivity index is 1.77. The molecule has 2 rings (SSSR count). The molecule has 1 aliphatic carbocycles. The first-order chi connectivity index (χ1) is 11.2. The highest BCUT2D eigenvalue weighted by molar-refractivity contribution is 5.78. The third-order valence-corrected chi connectivity index (χ3v) is 3.84. The summed E-state index contributed by atoms with van der Waals surface area (Å²) < 4.78 is 10.6. The van der Waals surface area contributed by atoms with Crippen LogP contribution in [0.15, 0.2) is 29.8 Å². The number of carbonyl (C=O) groups excluding carboxylic acids is 2. The van der Waals surface area contributed by atoms with Gasteiger partial charge in [-0.2, -0.15) is 0 Å². The van der Waals surface area contributed by atoms with Gasteiger partial charge in [0.05, 0.1) is 7.11 Å². The smallest absolute Gasteiger partial charge is 0.257 e. The minimum atomic E-state index is -0.181. The fourth-order valence-corrected chi connectivity index (χ4v) is 2.57. The predicted molar refractivity (Wildman–Crippen MR) is 88.1 cm³/mol. The zero-order chi connectivity index (χ0) is 16.5. The number of amides is 1. The summed E-state index contributed by atoms with van der Waals surface area (Å²) in [5.74, 6) is 0.706. The average molecular weight is 317 g/mol. The molecular weight excluding hydrogens is 294 g/mol. The second-order valence-corrected chi connectivity index (χ2v) is 5.52. The molecule has 1 N–H and O–H groups in total. The number of ether oxygens (including phenoxy) is 2. The van der Waals surface area contributed by atoms with Gasteiger partial charge in [0, 0.05) is 12.1 Å². The molecule has 0 saturated carbocycles. The average Bonchev–Trinajstić information content (AvgIpc) is 2.60. The Bertz CT molecular complexity index is 580. The summed E-state index contributed by atoms with van der Waals surface area (Å²) in [6.07, 6.45) is 8.71. The SMILES string of the molecule is COc1ccc(C=O)cc1OCC(=O)NCCC1=CCCCC1. The quantitative estimate of drug-likeness (QED) is 0.591. The highest BCUT2D eigenvalue weighted by Crippen LogP contribution is 2.27. The Kier molecular flexibility index (Phi) is 6.66. The minimum Gasteiger partial charge on any atom is -0.493 e. The van der Waals surface area contributed by atoms with Crippen LogP contribution >= 0.6 is 0 Å². The molecule has 0 radical (unpaired) electrons. The third-order valence-electron chi connectivity index (χ3n) is 3.84. The standard InChI is InChI=1S/C18H23NO4/c1-22-16-8-7-15(12-20)11-17(16)23-13-18(21)19-10-9-14-5-3-2-4-6-14/h5,7-8,11-12H,2-4,6,9-10,13H2,1H3,(H,19,21). The molecule has 1 amide bonds. The second kappa shape index (κ2) is 8.98. The van der Waals surface area contributed by atoms with E-state index < -0.39 is 0 Å². The first kappa shape index (κ1) is 17.1. The van der Waals surface area contributed by atoms with E-state index in [0.717, 1.165) is 25.5 Å². The molecule has 5 nitrogen and oxygen atoms in total. The first-order valence-electron chi connectivity index (χ1n) is 7.93. The Morgan fingerprint density at radius 1 is 1.30 bits per heavy atom. The van der Waals surface area contributed by atoms with Gasteiger partial charge in [-0.1, -0.05) is 11.6 Å². The van der Waals surface area contributed by atoms with Crippen molar-refractivity contribution in [2.24, 2.45) is 0 Å². The number of rotatable bonds is 8. The van der Waals surface area contributed by atoms with E-state index in [-0.39, 0.29) is 12.5 Å². The van der Waals surface area contributed by atoms with Crippen LogP contribution in [-0.4, -0.2) is 32.5 Å². The van der Waals surface area contributed by atoms with Crippen molar-refractivity contribution in [3.05, 3.63) is 35.4 Å². The summed E-state index contributed by atoms with van der Waals surface area (Å²) in [6, 6.07) is 4.84. The molecule has 23 heavy (non-hydrogen) atoms. The number of nitrogens with one attached hydrogen (secondary N) is 1. The third kappa shape index (κ3) is 5.43. The molecule has 1 aromatic carbocycles. The number of allylic oxidation sites excluding steroid dienone is 1. The lowest BCUT2D eigenvalue weighted by Crippen LogP contribution is -2.30. The monoisotopic (exact) mass is 317 g/mol. The highest BCUT2D eigenvalue weighted by Gasteiger charge is 2.09. The molecule has 0 heterocycles. The molecule has 1 aromatic rings. The Hall–Kier alpha value is -2.30. The maximum absolute atomic E-state index is 11.8. The molecule has 0 bridgehead atoms. The van der Waals surface area contributed by atoms with Gasteiger partial charge in [0.1, 0.15) is 6.29 Å². The van der Waals surface area contributed by atoms with E-state index >= 15 is 0 Å². The highest BCUT2D eigenvalue weighted by atomic mass is 16.5. The van der Waals surface area contributed by atoms with Gasteiger partial charge >= 0.3 is 0 Å². The van der Waals surface area contributed by atoms with Crippen molar-refractivity contribution in [3.8, 4) is 11.5 Å². The normalized spacial score (nSPS) is 13.9. The van der Waals surface area contributed by atoms with Crippen LogP contribution in [0.1, 0.15) is 42.5 Å². The van der Waals surface area contributed by atoms with Gasteiger partial charge < -0.3 is 14.8 Å². The van der Waals surface area contributed by atoms with Crippen molar-refractivity contribution in [3.63, 3.8) is 0 Å². The summed E-state index contributed by atoms with van der Waals surface area (Å²) in [6.45, 7) is 0.525. The summed E-state index contributed by atoms with van der Waals surface area (Å²) in [5.41, 5.74) is 1.91. The maximum atomic E-state index is 11.8. The lowest BCUT2D eigenvalue weighted by Gasteiger charge is -2.13. The van der Waals surface area contributed by atoms with Crippen LogP contribution in [0.4, 0.5) is 0 Å². The maximum Gasteiger partial charge on any atom is 0.257 e.